The Labute approximate surface area is 133 Å². The third-order valence-corrected chi connectivity index (χ3v) is 4.83. The zero-order chi connectivity index (χ0) is 16.3. The maximum absolute atomic E-state index is 12.9. The summed E-state index contributed by atoms with van der Waals surface area (Å²) in [6, 6.07) is 5.62. The molecule has 1 aromatic heterocycles. The van der Waals surface area contributed by atoms with Crippen LogP contribution in [0, 0.1) is 5.82 Å². The van der Waals surface area contributed by atoms with Gasteiger partial charge in [-0.2, -0.15) is 22.8 Å². The molecular formula is C14H17FN4O3S. The van der Waals surface area contributed by atoms with Crippen LogP contribution in [0.25, 0.3) is 11.4 Å². The van der Waals surface area contributed by atoms with Gasteiger partial charge in [0.25, 0.3) is 10.2 Å². The highest BCUT2D eigenvalue weighted by molar-refractivity contribution is 7.87. The van der Waals surface area contributed by atoms with E-state index in [9.17, 15) is 12.8 Å². The van der Waals surface area contributed by atoms with Gasteiger partial charge in [-0.1, -0.05) is 18.0 Å². The summed E-state index contributed by atoms with van der Waals surface area (Å²) in [6.07, 6.45) is 3.79. The standard InChI is InChI=1S/C14H17FN4O3S/c15-11-7-5-10(6-8-11)14-17-13(22-18-14)9-16-23(20,21)19-12-3-1-2-4-12/h5-8,12,16,19H,1-4,9H2. The first-order valence-electron chi connectivity index (χ1n) is 7.37. The van der Waals surface area contributed by atoms with Crippen LogP contribution in [0.3, 0.4) is 0 Å². The third kappa shape index (κ3) is 4.34. The van der Waals surface area contributed by atoms with Gasteiger partial charge in [0.2, 0.25) is 11.7 Å². The highest BCUT2D eigenvalue weighted by Gasteiger charge is 2.21. The molecule has 1 fully saturated rings. The van der Waals surface area contributed by atoms with Gasteiger partial charge in [-0.3, -0.25) is 0 Å². The summed E-state index contributed by atoms with van der Waals surface area (Å²) >= 11 is 0. The number of aromatic nitrogens is 2. The van der Waals surface area contributed by atoms with Gasteiger partial charge < -0.3 is 4.52 Å². The van der Waals surface area contributed by atoms with Gasteiger partial charge in [0, 0.05) is 11.6 Å². The van der Waals surface area contributed by atoms with Crippen molar-refractivity contribution >= 4 is 10.2 Å². The van der Waals surface area contributed by atoms with E-state index in [1.165, 1.54) is 24.3 Å². The molecule has 0 bridgehead atoms. The van der Waals surface area contributed by atoms with E-state index in [0.29, 0.717) is 5.56 Å². The Morgan fingerprint density at radius 1 is 1.22 bits per heavy atom. The van der Waals surface area contributed by atoms with Crippen molar-refractivity contribution in [3.8, 4) is 11.4 Å². The summed E-state index contributed by atoms with van der Waals surface area (Å²) in [4.78, 5) is 4.09. The number of hydrogen-bond donors (Lipinski definition) is 2. The van der Waals surface area contributed by atoms with Crippen LogP contribution in [0.1, 0.15) is 31.6 Å². The molecule has 2 N–H and O–H groups in total. The lowest BCUT2D eigenvalue weighted by Crippen LogP contribution is -2.41. The summed E-state index contributed by atoms with van der Waals surface area (Å²) < 4.78 is 46.7. The van der Waals surface area contributed by atoms with Gasteiger partial charge >= 0.3 is 0 Å². The van der Waals surface area contributed by atoms with Crippen molar-refractivity contribution in [2.45, 2.75) is 38.3 Å². The molecule has 0 amide bonds. The summed E-state index contributed by atoms with van der Waals surface area (Å²) in [6.45, 7) is -0.101. The van der Waals surface area contributed by atoms with E-state index in [-0.39, 0.29) is 30.1 Å². The highest BCUT2D eigenvalue weighted by Crippen LogP contribution is 2.18. The maximum Gasteiger partial charge on any atom is 0.277 e. The van der Waals surface area contributed by atoms with Gasteiger partial charge in [-0.25, -0.2) is 4.39 Å². The topological polar surface area (TPSA) is 97.1 Å². The Bertz CT molecular complexity index is 755. The van der Waals surface area contributed by atoms with Crippen LogP contribution in [0.15, 0.2) is 28.8 Å². The molecular weight excluding hydrogens is 323 g/mol. The van der Waals surface area contributed by atoms with E-state index in [1.54, 1.807) is 0 Å². The summed E-state index contributed by atoms with van der Waals surface area (Å²) in [5.41, 5.74) is 0.591. The second-order valence-corrected chi connectivity index (χ2v) is 6.97. The first kappa shape index (κ1) is 16.0. The van der Waals surface area contributed by atoms with Crippen molar-refractivity contribution in [2.24, 2.45) is 0 Å². The number of rotatable bonds is 6. The quantitative estimate of drug-likeness (QED) is 0.835. The predicted molar refractivity (Wildman–Crippen MR) is 80.8 cm³/mol. The van der Waals surface area contributed by atoms with Crippen LogP contribution in [-0.4, -0.2) is 24.6 Å². The molecule has 0 spiro atoms. The molecule has 0 aliphatic heterocycles. The van der Waals surface area contributed by atoms with Crippen molar-refractivity contribution in [1.82, 2.24) is 19.6 Å². The minimum Gasteiger partial charge on any atom is -0.338 e. The highest BCUT2D eigenvalue weighted by atomic mass is 32.2. The number of hydrogen-bond acceptors (Lipinski definition) is 5. The fourth-order valence-electron chi connectivity index (χ4n) is 2.50. The van der Waals surface area contributed by atoms with E-state index in [2.05, 4.69) is 19.6 Å². The number of nitrogens with one attached hydrogen (secondary N) is 2. The van der Waals surface area contributed by atoms with E-state index in [1.807, 2.05) is 0 Å². The van der Waals surface area contributed by atoms with Gasteiger partial charge in [-0.15, -0.1) is 0 Å². The fraction of sp³-hybridized carbons (Fsp3) is 0.429. The van der Waals surface area contributed by atoms with Crippen molar-refractivity contribution < 1.29 is 17.3 Å². The van der Waals surface area contributed by atoms with Crippen LogP contribution in [0.4, 0.5) is 4.39 Å². The van der Waals surface area contributed by atoms with Crippen LogP contribution in [0.2, 0.25) is 0 Å². The lowest BCUT2D eigenvalue weighted by molar-refractivity contribution is 0.375. The van der Waals surface area contributed by atoms with Gasteiger partial charge in [-0.05, 0) is 37.1 Å². The zero-order valence-electron chi connectivity index (χ0n) is 12.3. The summed E-state index contributed by atoms with van der Waals surface area (Å²) in [5.74, 6) is 0.0623. The Balaban J connectivity index is 1.59. The monoisotopic (exact) mass is 340 g/mol. The average Bonchev–Trinajstić information content (AvgIpc) is 3.17. The van der Waals surface area contributed by atoms with E-state index in [4.69, 9.17) is 4.52 Å². The largest absolute Gasteiger partial charge is 0.338 e. The van der Waals surface area contributed by atoms with E-state index >= 15 is 0 Å². The van der Waals surface area contributed by atoms with Crippen molar-refractivity contribution in [3.05, 3.63) is 36.0 Å². The first-order chi connectivity index (χ1) is 11.0. The Morgan fingerprint density at radius 3 is 2.61 bits per heavy atom. The average molecular weight is 340 g/mol. The predicted octanol–water partition coefficient (Wildman–Crippen LogP) is 1.74. The maximum atomic E-state index is 12.9. The second kappa shape index (κ2) is 6.73. The molecule has 3 rings (SSSR count). The van der Waals surface area contributed by atoms with Gasteiger partial charge in [0.05, 0.1) is 6.54 Å². The van der Waals surface area contributed by atoms with Gasteiger partial charge in [0.1, 0.15) is 5.82 Å². The molecule has 23 heavy (non-hydrogen) atoms. The van der Waals surface area contributed by atoms with E-state index in [0.717, 1.165) is 25.7 Å². The lowest BCUT2D eigenvalue weighted by atomic mass is 10.2. The van der Waals surface area contributed by atoms with Gasteiger partial charge in [0.15, 0.2) is 0 Å². The molecule has 0 atom stereocenters. The zero-order valence-corrected chi connectivity index (χ0v) is 13.1. The van der Waals surface area contributed by atoms with Crippen molar-refractivity contribution in [3.63, 3.8) is 0 Å². The Morgan fingerprint density at radius 2 is 1.91 bits per heavy atom. The molecule has 124 valence electrons. The van der Waals surface area contributed by atoms with E-state index < -0.39 is 10.2 Å². The lowest BCUT2D eigenvalue weighted by Gasteiger charge is -2.12. The fourth-order valence-corrected chi connectivity index (χ4v) is 3.58. The molecule has 1 heterocycles. The minimum atomic E-state index is -3.60. The molecule has 9 heteroatoms. The van der Waals surface area contributed by atoms with Crippen LogP contribution in [0.5, 0.6) is 0 Å². The smallest absolute Gasteiger partial charge is 0.277 e. The van der Waals surface area contributed by atoms with Crippen LogP contribution in [-0.2, 0) is 16.8 Å². The molecule has 0 saturated heterocycles. The number of benzene rings is 1. The molecule has 1 saturated carbocycles. The minimum absolute atomic E-state index is 0.00930. The SMILES string of the molecule is O=S(=O)(NCc1nc(-c2ccc(F)cc2)no1)NC1CCCC1. The molecule has 0 radical (unpaired) electrons. The molecule has 2 aromatic rings. The summed E-state index contributed by atoms with van der Waals surface area (Å²) in [5, 5.41) is 3.76. The molecule has 1 aromatic carbocycles. The van der Waals surface area contributed by atoms with Crippen LogP contribution >= 0.6 is 0 Å². The summed E-state index contributed by atoms with van der Waals surface area (Å²) in [7, 11) is -3.60. The van der Waals surface area contributed by atoms with Crippen molar-refractivity contribution in [1.29, 1.82) is 0 Å². The number of nitrogens with zero attached hydrogens (tertiary/aromatic N) is 2. The Kier molecular flexibility index (Phi) is 4.69. The molecule has 0 unspecified atom stereocenters. The molecule has 1 aliphatic carbocycles. The Hall–Kier alpha value is -1.84. The normalized spacial score (nSPS) is 16.0. The second-order valence-electron chi connectivity index (χ2n) is 5.44. The third-order valence-electron chi connectivity index (χ3n) is 3.66. The van der Waals surface area contributed by atoms with Crippen molar-refractivity contribution in [2.75, 3.05) is 0 Å². The molecule has 1 aliphatic rings. The number of halogens is 1. The van der Waals surface area contributed by atoms with Crippen LogP contribution < -0.4 is 9.44 Å². The molecule has 7 nitrogen and oxygen atoms in total. The first-order valence-corrected chi connectivity index (χ1v) is 8.85.